The van der Waals surface area contributed by atoms with Crippen molar-refractivity contribution in [3.05, 3.63) is 0 Å². The Morgan fingerprint density at radius 1 is 1.38 bits per heavy atom. The first kappa shape index (κ1) is 11.9. The van der Waals surface area contributed by atoms with Crippen molar-refractivity contribution >= 4 is 11.9 Å². The fourth-order valence-electron chi connectivity index (χ4n) is 0.673. The van der Waals surface area contributed by atoms with Gasteiger partial charge in [0.05, 0.1) is 12.1 Å². The third-order valence-corrected chi connectivity index (χ3v) is 1.46. The standard InChI is InChI=1S/C7H14N2O4/c1-3(8)6(11)9-5(4(2)10)7(12)13/h3-5,10H,8H2,1-2H3,(H,9,11)(H,12,13)/t3?,4-,5+/m1/s1. The molecule has 13 heavy (non-hydrogen) atoms. The minimum absolute atomic E-state index is 0.603. The van der Waals surface area contributed by atoms with Crippen LogP contribution >= 0.6 is 0 Å². The maximum atomic E-state index is 11.0. The summed E-state index contributed by atoms with van der Waals surface area (Å²) in [7, 11) is 0. The average Bonchev–Trinajstić information content (AvgIpc) is 1.97. The normalized spacial score (nSPS) is 17.2. The molecule has 6 heteroatoms. The summed E-state index contributed by atoms with van der Waals surface area (Å²) in [6.45, 7) is 2.70. The summed E-state index contributed by atoms with van der Waals surface area (Å²) in [6.07, 6.45) is -1.15. The fraction of sp³-hybridized carbons (Fsp3) is 0.714. The van der Waals surface area contributed by atoms with Crippen LogP contribution in [0.3, 0.4) is 0 Å². The zero-order valence-corrected chi connectivity index (χ0v) is 7.52. The van der Waals surface area contributed by atoms with Gasteiger partial charge in [-0.05, 0) is 13.8 Å². The Hall–Kier alpha value is -1.14. The number of aliphatic carboxylic acids is 1. The number of aliphatic hydroxyl groups is 1. The number of aliphatic hydroxyl groups excluding tert-OH is 1. The topological polar surface area (TPSA) is 113 Å². The zero-order chi connectivity index (χ0) is 10.6. The first-order valence-corrected chi connectivity index (χ1v) is 3.83. The second-order valence-corrected chi connectivity index (χ2v) is 2.85. The lowest BCUT2D eigenvalue weighted by Crippen LogP contribution is -2.51. The molecule has 0 aliphatic rings. The molecular formula is C7H14N2O4. The molecule has 0 aromatic rings. The number of carbonyl (C=O) groups is 2. The van der Waals surface area contributed by atoms with Gasteiger partial charge in [-0.25, -0.2) is 4.79 Å². The van der Waals surface area contributed by atoms with Crippen molar-refractivity contribution in [2.24, 2.45) is 5.73 Å². The lowest BCUT2D eigenvalue weighted by Gasteiger charge is -2.17. The summed E-state index contributed by atoms with van der Waals surface area (Å²) < 4.78 is 0. The number of nitrogens with one attached hydrogen (secondary N) is 1. The second-order valence-electron chi connectivity index (χ2n) is 2.85. The van der Waals surface area contributed by atoms with Gasteiger partial charge in [0.15, 0.2) is 6.04 Å². The Balaban J connectivity index is 4.27. The van der Waals surface area contributed by atoms with Gasteiger partial charge in [0, 0.05) is 0 Å². The molecule has 0 heterocycles. The number of carbonyl (C=O) groups excluding carboxylic acids is 1. The second kappa shape index (κ2) is 4.78. The van der Waals surface area contributed by atoms with E-state index >= 15 is 0 Å². The van der Waals surface area contributed by atoms with E-state index in [1.807, 2.05) is 0 Å². The third kappa shape index (κ3) is 3.86. The molecule has 0 aliphatic heterocycles. The van der Waals surface area contributed by atoms with Gasteiger partial charge in [-0.3, -0.25) is 4.79 Å². The van der Waals surface area contributed by atoms with Crippen LogP contribution in [-0.4, -0.2) is 40.3 Å². The molecule has 1 amide bonds. The number of carboxylic acids is 1. The van der Waals surface area contributed by atoms with Crippen molar-refractivity contribution in [2.75, 3.05) is 0 Å². The van der Waals surface area contributed by atoms with Gasteiger partial charge in [0.1, 0.15) is 0 Å². The highest BCUT2D eigenvalue weighted by atomic mass is 16.4. The molecule has 0 saturated heterocycles. The first-order valence-electron chi connectivity index (χ1n) is 3.83. The number of rotatable bonds is 4. The van der Waals surface area contributed by atoms with Crippen molar-refractivity contribution < 1.29 is 19.8 Å². The van der Waals surface area contributed by atoms with Crippen molar-refractivity contribution in [1.29, 1.82) is 0 Å². The van der Waals surface area contributed by atoms with E-state index in [0.29, 0.717) is 0 Å². The van der Waals surface area contributed by atoms with E-state index in [9.17, 15) is 9.59 Å². The molecule has 76 valence electrons. The van der Waals surface area contributed by atoms with Crippen molar-refractivity contribution in [2.45, 2.75) is 32.0 Å². The molecule has 0 radical (unpaired) electrons. The van der Waals surface area contributed by atoms with E-state index in [2.05, 4.69) is 5.32 Å². The van der Waals surface area contributed by atoms with Crippen molar-refractivity contribution in [3.63, 3.8) is 0 Å². The van der Waals surface area contributed by atoms with Gasteiger partial charge >= 0.3 is 5.97 Å². The van der Waals surface area contributed by atoms with Crippen LogP contribution in [0.15, 0.2) is 0 Å². The minimum Gasteiger partial charge on any atom is -0.480 e. The van der Waals surface area contributed by atoms with Gasteiger partial charge in [-0.15, -0.1) is 0 Å². The summed E-state index contributed by atoms with van der Waals surface area (Å²) in [5.74, 6) is -1.89. The van der Waals surface area contributed by atoms with E-state index < -0.39 is 30.1 Å². The highest BCUT2D eigenvalue weighted by Crippen LogP contribution is 1.93. The molecule has 1 unspecified atom stereocenters. The smallest absolute Gasteiger partial charge is 0.328 e. The molecule has 0 rings (SSSR count). The van der Waals surface area contributed by atoms with E-state index in [-0.39, 0.29) is 0 Å². The summed E-state index contributed by atoms with van der Waals surface area (Å²) in [5, 5.41) is 19.6. The van der Waals surface area contributed by atoms with E-state index in [4.69, 9.17) is 15.9 Å². The SMILES string of the molecule is CC(N)C(=O)N[C@H](C(=O)O)[C@@H](C)O. The van der Waals surface area contributed by atoms with Gasteiger partial charge in [0.2, 0.25) is 5.91 Å². The third-order valence-electron chi connectivity index (χ3n) is 1.46. The Morgan fingerprint density at radius 2 is 1.85 bits per heavy atom. The van der Waals surface area contributed by atoms with Crippen LogP contribution in [0.25, 0.3) is 0 Å². The van der Waals surface area contributed by atoms with Crippen LogP contribution < -0.4 is 11.1 Å². The van der Waals surface area contributed by atoms with Crippen LogP contribution in [0.2, 0.25) is 0 Å². The summed E-state index contributed by atoms with van der Waals surface area (Å²) in [5.41, 5.74) is 5.20. The number of nitrogens with two attached hydrogens (primary N) is 1. The molecule has 0 aromatic heterocycles. The lowest BCUT2D eigenvalue weighted by atomic mass is 10.1. The lowest BCUT2D eigenvalue weighted by molar-refractivity contribution is -0.144. The molecule has 0 bridgehead atoms. The van der Waals surface area contributed by atoms with Crippen LogP contribution in [0.1, 0.15) is 13.8 Å². The van der Waals surface area contributed by atoms with Crippen molar-refractivity contribution in [3.8, 4) is 0 Å². The van der Waals surface area contributed by atoms with Gasteiger partial charge in [-0.1, -0.05) is 0 Å². The molecule has 0 spiro atoms. The van der Waals surface area contributed by atoms with Crippen LogP contribution in [0.5, 0.6) is 0 Å². The number of carboxylic acid groups (broad SMARTS) is 1. The largest absolute Gasteiger partial charge is 0.480 e. The summed E-state index contributed by atoms with van der Waals surface area (Å²) in [4.78, 5) is 21.4. The van der Waals surface area contributed by atoms with E-state index in [0.717, 1.165) is 0 Å². The molecule has 0 aromatic carbocycles. The van der Waals surface area contributed by atoms with Crippen LogP contribution in [-0.2, 0) is 9.59 Å². The monoisotopic (exact) mass is 190 g/mol. The Morgan fingerprint density at radius 3 is 2.08 bits per heavy atom. The molecule has 0 aliphatic carbocycles. The Bertz CT molecular complexity index is 203. The highest BCUT2D eigenvalue weighted by Gasteiger charge is 2.25. The Labute approximate surface area is 75.7 Å². The number of amides is 1. The van der Waals surface area contributed by atoms with Gasteiger partial charge in [0.25, 0.3) is 0 Å². The zero-order valence-electron chi connectivity index (χ0n) is 7.52. The molecule has 6 nitrogen and oxygen atoms in total. The van der Waals surface area contributed by atoms with Gasteiger partial charge < -0.3 is 21.3 Å². The number of hydrogen-bond acceptors (Lipinski definition) is 4. The van der Waals surface area contributed by atoms with E-state index in [1.54, 1.807) is 0 Å². The van der Waals surface area contributed by atoms with E-state index in [1.165, 1.54) is 13.8 Å². The number of hydrogen-bond donors (Lipinski definition) is 4. The quantitative estimate of drug-likeness (QED) is 0.421. The molecule has 0 fully saturated rings. The highest BCUT2D eigenvalue weighted by molar-refractivity contribution is 5.86. The fourth-order valence-corrected chi connectivity index (χ4v) is 0.673. The summed E-state index contributed by atoms with van der Waals surface area (Å²) >= 11 is 0. The molecule has 0 saturated carbocycles. The maximum absolute atomic E-state index is 11.0. The predicted molar refractivity (Wildman–Crippen MR) is 44.9 cm³/mol. The summed E-state index contributed by atoms with van der Waals surface area (Å²) in [6, 6.07) is -2.10. The molecular weight excluding hydrogens is 176 g/mol. The average molecular weight is 190 g/mol. The van der Waals surface area contributed by atoms with Crippen LogP contribution in [0, 0.1) is 0 Å². The molecule has 3 atom stereocenters. The maximum Gasteiger partial charge on any atom is 0.328 e. The van der Waals surface area contributed by atoms with Gasteiger partial charge in [-0.2, -0.15) is 0 Å². The minimum atomic E-state index is -1.31. The van der Waals surface area contributed by atoms with Crippen LogP contribution in [0.4, 0.5) is 0 Å². The molecule has 5 N–H and O–H groups in total. The predicted octanol–water partition coefficient (Wildman–Crippen LogP) is -1.72. The van der Waals surface area contributed by atoms with Crippen molar-refractivity contribution in [1.82, 2.24) is 5.32 Å². The first-order chi connectivity index (χ1) is 5.86. The Kier molecular flexibility index (Phi) is 4.36.